The fraction of sp³-hybridized carbons (Fsp3) is 0.429. The number of hydrogen-bond donors (Lipinski definition) is 1. The third kappa shape index (κ3) is 4.24. The van der Waals surface area contributed by atoms with Crippen molar-refractivity contribution in [2.45, 2.75) is 38.8 Å². The normalized spacial score (nSPS) is 14.1. The van der Waals surface area contributed by atoms with Crippen molar-refractivity contribution in [2.24, 2.45) is 0 Å². The van der Waals surface area contributed by atoms with Crippen LogP contribution in [0.4, 0.5) is 0 Å². The van der Waals surface area contributed by atoms with Crippen LogP contribution in [0.3, 0.4) is 0 Å². The molecular formula is C14H17Cl2N. The van der Waals surface area contributed by atoms with Gasteiger partial charge in [0.05, 0.1) is 6.04 Å². The van der Waals surface area contributed by atoms with E-state index in [1.165, 1.54) is 0 Å². The van der Waals surface area contributed by atoms with Gasteiger partial charge in [-0.05, 0) is 37.1 Å². The molecule has 2 unspecified atom stereocenters. The SMILES string of the molecule is C#CC(CCC)NC(C)c1cc(Cl)ccc1Cl. The second kappa shape index (κ2) is 6.91. The van der Waals surface area contributed by atoms with Crippen LogP contribution in [0.1, 0.15) is 38.3 Å². The Morgan fingerprint density at radius 3 is 2.71 bits per heavy atom. The maximum Gasteiger partial charge on any atom is 0.0691 e. The molecule has 1 N–H and O–H groups in total. The van der Waals surface area contributed by atoms with Crippen LogP contribution in [-0.4, -0.2) is 6.04 Å². The molecule has 0 fully saturated rings. The second-order valence-electron chi connectivity index (χ2n) is 4.06. The van der Waals surface area contributed by atoms with Crippen LogP contribution in [-0.2, 0) is 0 Å². The van der Waals surface area contributed by atoms with Crippen molar-refractivity contribution < 1.29 is 0 Å². The first-order valence-corrected chi connectivity index (χ1v) is 6.51. The van der Waals surface area contributed by atoms with Crippen molar-refractivity contribution in [3.8, 4) is 12.3 Å². The van der Waals surface area contributed by atoms with E-state index in [4.69, 9.17) is 29.6 Å². The summed E-state index contributed by atoms with van der Waals surface area (Å²) in [6.45, 7) is 4.15. The summed E-state index contributed by atoms with van der Waals surface area (Å²) in [6, 6.07) is 5.63. The quantitative estimate of drug-likeness (QED) is 0.779. The van der Waals surface area contributed by atoms with E-state index in [1.807, 2.05) is 19.1 Å². The van der Waals surface area contributed by atoms with E-state index in [0.29, 0.717) is 10.0 Å². The number of benzene rings is 1. The summed E-state index contributed by atoms with van der Waals surface area (Å²) in [4.78, 5) is 0. The zero-order valence-corrected chi connectivity index (χ0v) is 11.6. The lowest BCUT2D eigenvalue weighted by Crippen LogP contribution is -2.30. The highest BCUT2D eigenvalue weighted by atomic mass is 35.5. The van der Waals surface area contributed by atoms with Crippen LogP contribution in [0.5, 0.6) is 0 Å². The van der Waals surface area contributed by atoms with Gasteiger partial charge in [0.2, 0.25) is 0 Å². The van der Waals surface area contributed by atoms with Gasteiger partial charge in [0.15, 0.2) is 0 Å². The molecule has 0 amide bonds. The molecule has 2 atom stereocenters. The highest BCUT2D eigenvalue weighted by Gasteiger charge is 2.13. The molecule has 1 aromatic rings. The highest BCUT2D eigenvalue weighted by Crippen LogP contribution is 2.26. The Hall–Kier alpha value is -0.680. The molecule has 0 heterocycles. The van der Waals surface area contributed by atoms with Crippen molar-refractivity contribution >= 4 is 23.2 Å². The maximum absolute atomic E-state index is 6.14. The Morgan fingerprint density at radius 2 is 2.12 bits per heavy atom. The van der Waals surface area contributed by atoms with Gasteiger partial charge in [0, 0.05) is 16.1 Å². The van der Waals surface area contributed by atoms with E-state index in [0.717, 1.165) is 18.4 Å². The summed E-state index contributed by atoms with van der Waals surface area (Å²) in [5.74, 6) is 2.75. The van der Waals surface area contributed by atoms with Gasteiger partial charge in [0.25, 0.3) is 0 Å². The molecule has 0 aliphatic carbocycles. The molecule has 1 rings (SSSR count). The predicted octanol–water partition coefficient (Wildman–Crippen LogP) is 4.45. The van der Waals surface area contributed by atoms with Crippen LogP contribution < -0.4 is 5.32 Å². The lowest BCUT2D eigenvalue weighted by Gasteiger charge is -2.20. The molecule has 92 valence electrons. The molecule has 0 saturated heterocycles. The van der Waals surface area contributed by atoms with Gasteiger partial charge in [-0.3, -0.25) is 5.32 Å². The van der Waals surface area contributed by atoms with Crippen molar-refractivity contribution in [3.05, 3.63) is 33.8 Å². The standard InChI is InChI=1S/C14H17Cl2N/c1-4-6-12(5-2)17-10(3)13-9-11(15)7-8-14(13)16/h2,7-10,12,17H,4,6H2,1,3H3. The van der Waals surface area contributed by atoms with Gasteiger partial charge in [-0.15, -0.1) is 6.42 Å². The van der Waals surface area contributed by atoms with Crippen LogP contribution in [0.15, 0.2) is 18.2 Å². The van der Waals surface area contributed by atoms with E-state index >= 15 is 0 Å². The molecule has 0 aliphatic heterocycles. The number of hydrogen-bond acceptors (Lipinski definition) is 1. The zero-order chi connectivity index (χ0) is 12.8. The third-order valence-corrected chi connectivity index (χ3v) is 3.23. The van der Waals surface area contributed by atoms with E-state index in [2.05, 4.69) is 18.2 Å². The maximum atomic E-state index is 6.14. The Morgan fingerprint density at radius 1 is 1.41 bits per heavy atom. The van der Waals surface area contributed by atoms with Crippen LogP contribution in [0.25, 0.3) is 0 Å². The molecule has 17 heavy (non-hydrogen) atoms. The van der Waals surface area contributed by atoms with Crippen molar-refractivity contribution in [3.63, 3.8) is 0 Å². The van der Waals surface area contributed by atoms with Crippen LogP contribution in [0, 0.1) is 12.3 Å². The van der Waals surface area contributed by atoms with Gasteiger partial charge in [-0.2, -0.15) is 0 Å². The summed E-state index contributed by atoms with van der Waals surface area (Å²) in [7, 11) is 0. The zero-order valence-electron chi connectivity index (χ0n) is 10.1. The van der Waals surface area contributed by atoms with E-state index < -0.39 is 0 Å². The molecule has 0 bridgehead atoms. The molecule has 0 radical (unpaired) electrons. The Bertz CT molecular complexity index is 409. The number of rotatable bonds is 5. The molecule has 3 heteroatoms. The first kappa shape index (κ1) is 14.4. The Labute approximate surface area is 114 Å². The molecule has 1 nitrogen and oxygen atoms in total. The van der Waals surface area contributed by atoms with Gasteiger partial charge < -0.3 is 0 Å². The van der Waals surface area contributed by atoms with Crippen LogP contribution >= 0.6 is 23.2 Å². The number of terminal acetylenes is 1. The van der Waals surface area contributed by atoms with E-state index in [9.17, 15) is 0 Å². The molecule has 1 aromatic carbocycles. The minimum absolute atomic E-state index is 0.0741. The average molecular weight is 270 g/mol. The summed E-state index contributed by atoms with van der Waals surface area (Å²) >= 11 is 12.1. The summed E-state index contributed by atoms with van der Waals surface area (Å²) in [6.07, 6.45) is 7.49. The summed E-state index contributed by atoms with van der Waals surface area (Å²) in [5, 5.41) is 4.77. The largest absolute Gasteiger partial charge is 0.297 e. The van der Waals surface area contributed by atoms with Crippen molar-refractivity contribution in [2.75, 3.05) is 0 Å². The first-order valence-electron chi connectivity index (χ1n) is 5.75. The smallest absolute Gasteiger partial charge is 0.0691 e. The fourth-order valence-electron chi connectivity index (χ4n) is 1.74. The predicted molar refractivity (Wildman–Crippen MR) is 75.5 cm³/mol. The average Bonchev–Trinajstić information content (AvgIpc) is 2.31. The van der Waals surface area contributed by atoms with E-state index in [-0.39, 0.29) is 12.1 Å². The van der Waals surface area contributed by atoms with Gasteiger partial charge >= 0.3 is 0 Å². The van der Waals surface area contributed by atoms with Crippen molar-refractivity contribution in [1.82, 2.24) is 5.32 Å². The second-order valence-corrected chi connectivity index (χ2v) is 4.91. The lowest BCUT2D eigenvalue weighted by atomic mass is 10.1. The third-order valence-electron chi connectivity index (χ3n) is 2.65. The van der Waals surface area contributed by atoms with Gasteiger partial charge in [0.1, 0.15) is 0 Å². The van der Waals surface area contributed by atoms with Crippen LogP contribution in [0.2, 0.25) is 10.0 Å². The first-order chi connectivity index (χ1) is 8.08. The summed E-state index contributed by atoms with van der Waals surface area (Å²) < 4.78 is 0. The molecule has 0 saturated carbocycles. The number of nitrogens with one attached hydrogen (secondary N) is 1. The highest BCUT2D eigenvalue weighted by molar-refractivity contribution is 6.33. The Balaban J connectivity index is 2.78. The van der Waals surface area contributed by atoms with Crippen molar-refractivity contribution in [1.29, 1.82) is 0 Å². The minimum atomic E-state index is 0.0741. The Kier molecular flexibility index (Phi) is 5.85. The topological polar surface area (TPSA) is 12.0 Å². The monoisotopic (exact) mass is 269 g/mol. The summed E-state index contributed by atoms with van der Waals surface area (Å²) in [5.41, 5.74) is 0.982. The van der Waals surface area contributed by atoms with E-state index in [1.54, 1.807) is 6.07 Å². The molecule has 0 aromatic heterocycles. The molecule has 0 spiro atoms. The minimum Gasteiger partial charge on any atom is -0.297 e. The number of halogens is 2. The molecular weight excluding hydrogens is 253 g/mol. The van der Waals surface area contributed by atoms with Gasteiger partial charge in [-0.25, -0.2) is 0 Å². The fourth-order valence-corrected chi connectivity index (χ4v) is 2.20. The molecule has 0 aliphatic rings. The van der Waals surface area contributed by atoms with Gasteiger partial charge in [-0.1, -0.05) is 42.5 Å². The lowest BCUT2D eigenvalue weighted by molar-refractivity contribution is 0.495.